The maximum atomic E-state index is 12.7. The van der Waals surface area contributed by atoms with Gasteiger partial charge in [0.05, 0.1) is 16.8 Å². The number of nitrogens with zero attached hydrogens (tertiary/aromatic N) is 1. The van der Waals surface area contributed by atoms with Crippen LogP contribution in [0, 0.1) is 5.82 Å². The number of aromatic nitrogens is 1. The molecule has 2 rings (SSSR count). The number of carbonyl (C=O) groups is 1. The zero-order chi connectivity index (χ0) is 13.1. The fraction of sp³-hybridized carbons (Fsp3) is 0. The van der Waals surface area contributed by atoms with Crippen molar-refractivity contribution in [3.63, 3.8) is 0 Å². The molecule has 0 unspecified atom stereocenters. The van der Waals surface area contributed by atoms with Crippen LogP contribution in [-0.2, 0) is 0 Å². The summed E-state index contributed by atoms with van der Waals surface area (Å²) in [5.41, 5.74) is 0.325. The summed E-state index contributed by atoms with van der Waals surface area (Å²) in [5, 5.41) is 2.85. The predicted octanol–water partition coefficient (Wildman–Crippen LogP) is 3.89. The second kappa shape index (κ2) is 5.46. The Morgan fingerprint density at radius 2 is 2.11 bits per heavy atom. The van der Waals surface area contributed by atoms with E-state index in [0.717, 1.165) is 10.7 Å². The molecule has 0 bridgehead atoms. The van der Waals surface area contributed by atoms with Crippen molar-refractivity contribution in [3.05, 3.63) is 57.4 Å². The van der Waals surface area contributed by atoms with Crippen LogP contribution in [0.1, 0.15) is 10.4 Å². The third kappa shape index (κ3) is 3.05. The first-order chi connectivity index (χ1) is 8.56. The van der Waals surface area contributed by atoms with E-state index in [1.165, 1.54) is 12.1 Å². The molecular weight excluding hydrogens is 322 g/mol. The molecule has 0 aliphatic carbocycles. The van der Waals surface area contributed by atoms with Crippen molar-refractivity contribution in [2.75, 3.05) is 5.32 Å². The lowest BCUT2D eigenvalue weighted by Crippen LogP contribution is -2.13. The molecule has 6 heteroatoms. The summed E-state index contributed by atoms with van der Waals surface area (Å²) in [6.45, 7) is 0. The van der Waals surface area contributed by atoms with Crippen molar-refractivity contribution < 1.29 is 9.18 Å². The topological polar surface area (TPSA) is 42.0 Å². The number of hydrogen-bond donors (Lipinski definition) is 1. The standard InChI is InChI=1S/C12H7BrClFN2O/c13-7-1-3-9(10(14)5-7)12(18)17-11-4-2-8(15)6-16-11/h1-6H,(H,16,17,18). The molecule has 0 aliphatic heterocycles. The third-order valence-electron chi connectivity index (χ3n) is 2.14. The van der Waals surface area contributed by atoms with Gasteiger partial charge in [0.25, 0.3) is 5.91 Å². The van der Waals surface area contributed by atoms with Gasteiger partial charge < -0.3 is 5.32 Å². The molecule has 0 aliphatic rings. The highest BCUT2D eigenvalue weighted by atomic mass is 79.9. The van der Waals surface area contributed by atoms with Crippen LogP contribution in [0.2, 0.25) is 5.02 Å². The van der Waals surface area contributed by atoms with Crippen LogP contribution in [0.15, 0.2) is 41.0 Å². The van der Waals surface area contributed by atoms with Crippen LogP contribution in [0.3, 0.4) is 0 Å². The molecule has 1 N–H and O–H groups in total. The molecular formula is C12H7BrClFN2O. The van der Waals surface area contributed by atoms with Gasteiger partial charge in [-0.15, -0.1) is 0 Å². The number of nitrogens with one attached hydrogen (secondary N) is 1. The quantitative estimate of drug-likeness (QED) is 0.908. The van der Waals surface area contributed by atoms with Gasteiger partial charge in [-0.2, -0.15) is 0 Å². The predicted molar refractivity (Wildman–Crippen MR) is 71.3 cm³/mol. The summed E-state index contributed by atoms with van der Waals surface area (Å²) >= 11 is 9.19. The number of carbonyl (C=O) groups excluding carboxylic acids is 1. The maximum Gasteiger partial charge on any atom is 0.258 e. The Labute approximate surface area is 116 Å². The largest absolute Gasteiger partial charge is 0.307 e. The summed E-state index contributed by atoms with van der Waals surface area (Å²) in [6.07, 6.45) is 1.03. The minimum absolute atomic E-state index is 0.264. The highest BCUT2D eigenvalue weighted by Gasteiger charge is 2.11. The van der Waals surface area contributed by atoms with Crippen LogP contribution >= 0.6 is 27.5 Å². The molecule has 0 fully saturated rings. The van der Waals surface area contributed by atoms with E-state index in [2.05, 4.69) is 26.2 Å². The molecule has 1 aromatic carbocycles. The second-order valence-electron chi connectivity index (χ2n) is 3.44. The zero-order valence-electron chi connectivity index (χ0n) is 8.95. The first-order valence-corrected chi connectivity index (χ1v) is 6.11. The number of rotatable bonds is 2. The van der Waals surface area contributed by atoms with Crippen LogP contribution in [0.4, 0.5) is 10.2 Å². The molecule has 1 amide bonds. The lowest BCUT2D eigenvalue weighted by molar-refractivity contribution is 0.102. The van der Waals surface area contributed by atoms with E-state index in [-0.39, 0.29) is 5.82 Å². The summed E-state index contributed by atoms with van der Waals surface area (Å²) < 4.78 is 13.4. The number of pyridine rings is 1. The Kier molecular flexibility index (Phi) is 3.93. The Morgan fingerprint density at radius 3 is 2.72 bits per heavy atom. The smallest absolute Gasteiger partial charge is 0.258 e. The molecule has 2 aromatic rings. The molecule has 18 heavy (non-hydrogen) atoms. The highest BCUT2D eigenvalue weighted by Crippen LogP contribution is 2.22. The van der Waals surface area contributed by atoms with Crippen molar-refractivity contribution in [1.82, 2.24) is 4.98 Å². The van der Waals surface area contributed by atoms with Gasteiger partial charge in [-0.25, -0.2) is 9.37 Å². The van der Waals surface area contributed by atoms with Gasteiger partial charge >= 0.3 is 0 Å². The molecule has 0 saturated heterocycles. The van der Waals surface area contributed by atoms with Crippen LogP contribution in [-0.4, -0.2) is 10.9 Å². The van der Waals surface area contributed by atoms with E-state index in [0.29, 0.717) is 10.6 Å². The Balaban J connectivity index is 2.19. The Bertz CT molecular complexity index is 589. The molecule has 0 radical (unpaired) electrons. The first kappa shape index (κ1) is 13.0. The Hall–Kier alpha value is -1.46. The molecule has 0 spiro atoms. The van der Waals surface area contributed by atoms with Crippen molar-refractivity contribution in [2.24, 2.45) is 0 Å². The fourth-order valence-electron chi connectivity index (χ4n) is 1.31. The van der Waals surface area contributed by atoms with Crippen LogP contribution < -0.4 is 5.32 Å². The van der Waals surface area contributed by atoms with Crippen LogP contribution in [0.5, 0.6) is 0 Å². The van der Waals surface area contributed by atoms with Gasteiger partial charge in [0.15, 0.2) is 0 Å². The van der Waals surface area contributed by atoms with Gasteiger partial charge in [0, 0.05) is 4.47 Å². The van der Waals surface area contributed by atoms with Gasteiger partial charge in [-0.3, -0.25) is 4.79 Å². The minimum atomic E-state index is -0.463. The molecule has 1 aromatic heterocycles. The number of anilines is 1. The van der Waals surface area contributed by atoms with Gasteiger partial charge in [0.1, 0.15) is 11.6 Å². The maximum absolute atomic E-state index is 12.7. The number of benzene rings is 1. The van der Waals surface area contributed by atoms with Crippen molar-refractivity contribution in [1.29, 1.82) is 0 Å². The average molecular weight is 330 g/mol. The first-order valence-electron chi connectivity index (χ1n) is 4.94. The van der Waals surface area contributed by atoms with E-state index >= 15 is 0 Å². The average Bonchev–Trinajstić information content (AvgIpc) is 2.32. The van der Waals surface area contributed by atoms with Crippen molar-refractivity contribution >= 4 is 39.3 Å². The molecule has 92 valence electrons. The number of halogens is 3. The summed E-state index contributed by atoms with van der Waals surface area (Å²) in [6, 6.07) is 7.50. The lowest BCUT2D eigenvalue weighted by atomic mass is 10.2. The number of hydrogen-bond acceptors (Lipinski definition) is 2. The van der Waals surface area contributed by atoms with Crippen LogP contribution in [0.25, 0.3) is 0 Å². The van der Waals surface area contributed by atoms with Crippen molar-refractivity contribution in [2.45, 2.75) is 0 Å². The van der Waals surface area contributed by atoms with E-state index in [1.54, 1.807) is 18.2 Å². The normalized spacial score (nSPS) is 10.2. The molecule has 3 nitrogen and oxygen atoms in total. The monoisotopic (exact) mass is 328 g/mol. The number of amides is 1. The molecule has 0 saturated carbocycles. The van der Waals surface area contributed by atoms with Gasteiger partial charge in [0.2, 0.25) is 0 Å². The molecule has 0 atom stereocenters. The summed E-state index contributed by atoms with van der Waals surface area (Å²) in [4.78, 5) is 15.6. The van der Waals surface area contributed by atoms with E-state index in [4.69, 9.17) is 11.6 Å². The van der Waals surface area contributed by atoms with Gasteiger partial charge in [-0.1, -0.05) is 27.5 Å². The van der Waals surface area contributed by atoms with E-state index in [1.807, 2.05) is 0 Å². The van der Waals surface area contributed by atoms with E-state index in [9.17, 15) is 9.18 Å². The minimum Gasteiger partial charge on any atom is -0.307 e. The highest BCUT2D eigenvalue weighted by molar-refractivity contribution is 9.10. The fourth-order valence-corrected chi connectivity index (χ4v) is 2.07. The zero-order valence-corrected chi connectivity index (χ0v) is 11.3. The summed E-state index contributed by atoms with van der Waals surface area (Å²) in [7, 11) is 0. The SMILES string of the molecule is O=C(Nc1ccc(F)cn1)c1ccc(Br)cc1Cl. The summed E-state index contributed by atoms with van der Waals surface area (Å²) in [5.74, 6) is -0.596. The third-order valence-corrected chi connectivity index (χ3v) is 2.95. The van der Waals surface area contributed by atoms with Crippen molar-refractivity contribution in [3.8, 4) is 0 Å². The molecule has 1 heterocycles. The van der Waals surface area contributed by atoms with Gasteiger partial charge in [-0.05, 0) is 30.3 Å². The second-order valence-corrected chi connectivity index (χ2v) is 4.76. The lowest BCUT2D eigenvalue weighted by Gasteiger charge is -2.06. The van der Waals surface area contributed by atoms with E-state index < -0.39 is 11.7 Å². The Morgan fingerprint density at radius 1 is 1.33 bits per heavy atom.